The molecule has 1 fully saturated rings. The first kappa shape index (κ1) is 16.7. The molecule has 132 valence electrons. The number of nitrogens with zero attached hydrogens (tertiary/aromatic N) is 4. The predicted molar refractivity (Wildman–Crippen MR) is 97.8 cm³/mol. The second-order valence-electron chi connectivity index (χ2n) is 6.61. The molecule has 2 aliphatic rings. The van der Waals surface area contributed by atoms with Gasteiger partial charge in [0, 0.05) is 5.02 Å². The van der Waals surface area contributed by atoms with Gasteiger partial charge >= 0.3 is 0 Å². The molecule has 2 heterocycles. The number of carbonyl (C=O) groups excluding carboxylic acids is 2. The lowest BCUT2D eigenvalue weighted by atomic mass is 10.0. The van der Waals surface area contributed by atoms with E-state index in [9.17, 15) is 9.59 Å². The van der Waals surface area contributed by atoms with Crippen LogP contribution in [0.3, 0.4) is 0 Å². The van der Waals surface area contributed by atoms with Gasteiger partial charge in [0.2, 0.25) is 0 Å². The van der Waals surface area contributed by atoms with Crippen LogP contribution in [-0.4, -0.2) is 28.9 Å². The predicted octanol–water partition coefficient (Wildman–Crippen LogP) is 3.45. The molecule has 2 amide bonds. The first-order valence-electron chi connectivity index (χ1n) is 8.32. The number of imide groups is 1. The Balaban J connectivity index is 1.63. The van der Waals surface area contributed by atoms with Gasteiger partial charge in [0.1, 0.15) is 0 Å². The van der Waals surface area contributed by atoms with E-state index in [1.54, 1.807) is 29.3 Å². The van der Waals surface area contributed by atoms with Crippen molar-refractivity contribution < 1.29 is 9.59 Å². The molecule has 0 N–H and O–H groups in total. The molecule has 4 rings (SSSR count). The van der Waals surface area contributed by atoms with Crippen molar-refractivity contribution in [3.8, 4) is 0 Å². The fraction of sp³-hybridized carbons (Fsp3) is 0.263. The summed E-state index contributed by atoms with van der Waals surface area (Å²) in [4.78, 5) is 26.8. The van der Waals surface area contributed by atoms with Crippen molar-refractivity contribution in [2.45, 2.75) is 32.5 Å². The van der Waals surface area contributed by atoms with Crippen molar-refractivity contribution in [3.63, 3.8) is 0 Å². The number of anilines is 1. The number of amides is 2. The van der Waals surface area contributed by atoms with Gasteiger partial charge in [-0.25, -0.2) is 4.90 Å². The molecule has 0 aliphatic carbocycles. The Hall–Kier alpha value is -2.73. The van der Waals surface area contributed by atoms with Crippen LogP contribution in [0.1, 0.15) is 16.7 Å². The average molecular weight is 369 g/mol. The van der Waals surface area contributed by atoms with Crippen LogP contribution >= 0.6 is 11.6 Å². The molecular formula is C19H17ClN4O2. The van der Waals surface area contributed by atoms with Gasteiger partial charge in [-0.3, -0.25) is 14.6 Å². The summed E-state index contributed by atoms with van der Waals surface area (Å²) in [5.74, 6) is -0.688. The van der Waals surface area contributed by atoms with Gasteiger partial charge in [-0.1, -0.05) is 46.7 Å². The summed E-state index contributed by atoms with van der Waals surface area (Å²) in [6.07, 6.45) is 0. The van der Waals surface area contributed by atoms with Crippen LogP contribution in [0, 0.1) is 13.8 Å². The van der Waals surface area contributed by atoms with Crippen LogP contribution in [0.4, 0.5) is 5.69 Å². The summed E-state index contributed by atoms with van der Waals surface area (Å²) in [5.41, 5.74) is 3.76. The van der Waals surface area contributed by atoms with E-state index < -0.39 is 12.1 Å². The third-order valence-electron chi connectivity index (χ3n) is 4.76. The highest BCUT2D eigenvalue weighted by molar-refractivity contribution is 6.31. The Morgan fingerprint density at radius 1 is 1.08 bits per heavy atom. The van der Waals surface area contributed by atoms with Gasteiger partial charge < -0.3 is 0 Å². The Morgan fingerprint density at radius 2 is 1.88 bits per heavy atom. The Kier molecular flexibility index (Phi) is 4.00. The summed E-state index contributed by atoms with van der Waals surface area (Å²) in [7, 11) is 0. The third-order valence-corrected chi connectivity index (χ3v) is 5.00. The summed E-state index contributed by atoms with van der Waals surface area (Å²) in [5, 5.41) is 10.2. The zero-order valence-electron chi connectivity index (χ0n) is 14.4. The van der Waals surface area contributed by atoms with E-state index in [0.717, 1.165) is 21.6 Å². The highest BCUT2D eigenvalue weighted by atomic mass is 35.5. The molecule has 0 bridgehead atoms. The van der Waals surface area contributed by atoms with Crippen LogP contribution in [0.5, 0.6) is 0 Å². The summed E-state index contributed by atoms with van der Waals surface area (Å²) in [6, 6.07) is 11.3. The summed E-state index contributed by atoms with van der Waals surface area (Å²) in [6.45, 7) is 4.46. The molecule has 1 saturated heterocycles. The topological polar surface area (TPSA) is 65.3 Å². The van der Waals surface area contributed by atoms with E-state index in [2.05, 4.69) is 16.4 Å². The standard InChI is InChI=1S/C19H17ClN4O2/c1-11-6-7-12(2)13(8-11)10-23-17-16(21-22-23)18(25)24(19(17)26)15-5-3-4-14(20)9-15/h3-9,16-17H,10H2,1-2H3/t16-,17+/m0/s1. The molecule has 2 aromatic rings. The maximum atomic E-state index is 13.0. The van der Waals surface area contributed by atoms with Gasteiger partial charge in [-0.2, -0.15) is 5.11 Å². The average Bonchev–Trinajstić information content (AvgIpc) is 3.12. The van der Waals surface area contributed by atoms with Crippen LogP contribution < -0.4 is 4.90 Å². The molecule has 26 heavy (non-hydrogen) atoms. The third kappa shape index (κ3) is 2.66. The number of hydrogen-bond donors (Lipinski definition) is 0. The maximum Gasteiger partial charge on any atom is 0.263 e. The Morgan fingerprint density at radius 3 is 2.65 bits per heavy atom. The first-order valence-corrected chi connectivity index (χ1v) is 8.70. The number of carbonyl (C=O) groups is 2. The summed E-state index contributed by atoms with van der Waals surface area (Å²) < 4.78 is 0. The number of fused-ring (bicyclic) bond motifs is 1. The molecule has 0 spiro atoms. The van der Waals surface area contributed by atoms with E-state index in [-0.39, 0.29) is 11.8 Å². The van der Waals surface area contributed by atoms with Gasteiger partial charge in [-0.15, -0.1) is 0 Å². The fourth-order valence-electron chi connectivity index (χ4n) is 3.37. The Labute approximate surface area is 156 Å². The molecule has 2 aromatic carbocycles. The van der Waals surface area contributed by atoms with Crippen LogP contribution in [0.15, 0.2) is 52.8 Å². The summed E-state index contributed by atoms with van der Waals surface area (Å²) >= 11 is 6.01. The quantitative estimate of drug-likeness (QED) is 0.779. The molecule has 2 atom stereocenters. The molecule has 2 aliphatic heterocycles. The van der Waals surface area contributed by atoms with E-state index in [1.165, 1.54) is 0 Å². The smallest absolute Gasteiger partial charge is 0.263 e. The number of benzene rings is 2. The number of aryl methyl sites for hydroxylation is 2. The lowest BCUT2D eigenvalue weighted by molar-refractivity contribution is -0.123. The SMILES string of the molecule is Cc1ccc(C)c(CN2N=N[C@@H]3C(=O)N(c4cccc(Cl)c4)C(=O)[C@@H]32)c1. The Bertz CT molecular complexity index is 943. The molecule has 0 radical (unpaired) electrons. The normalized spacial score (nSPS) is 21.7. The first-order chi connectivity index (χ1) is 12.5. The van der Waals surface area contributed by atoms with Gasteiger partial charge in [0.05, 0.1) is 12.2 Å². The minimum Gasteiger partial charge on any atom is -0.271 e. The van der Waals surface area contributed by atoms with Crippen molar-refractivity contribution in [2.75, 3.05) is 4.90 Å². The van der Waals surface area contributed by atoms with Gasteiger partial charge in [-0.05, 0) is 43.2 Å². The zero-order valence-corrected chi connectivity index (χ0v) is 15.1. The minimum atomic E-state index is -0.799. The number of rotatable bonds is 3. The lowest BCUT2D eigenvalue weighted by Gasteiger charge is -2.21. The van der Waals surface area contributed by atoms with Crippen molar-refractivity contribution in [3.05, 3.63) is 64.2 Å². The molecule has 0 saturated carbocycles. The molecular weight excluding hydrogens is 352 g/mol. The molecule has 0 aromatic heterocycles. The lowest BCUT2D eigenvalue weighted by Crippen LogP contribution is -2.39. The molecule has 0 unspecified atom stereocenters. The monoisotopic (exact) mass is 368 g/mol. The van der Waals surface area contributed by atoms with Crippen LogP contribution in [0.2, 0.25) is 5.02 Å². The zero-order chi connectivity index (χ0) is 18.4. The second-order valence-corrected chi connectivity index (χ2v) is 7.05. The fourth-order valence-corrected chi connectivity index (χ4v) is 3.55. The molecule has 7 heteroatoms. The van der Waals surface area contributed by atoms with Crippen molar-refractivity contribution in [2.24, 2.45) is 10.3 Å². The number of halogens is 1. The minimum absolute atomic E-state index is 0.322. The van der Waals surface area contributed by atoms with Gasteiger partial charge in [0.25, 0.3) is 11.8 Å². The molecule has 6 nitrogen and oxygen atoms in total. The van der Waals surface area contributed by atoms with Gasteiger partial charge in [0.15, 0.2) is 12.1 Å². The second kappa shape index (κ2) is 6.21. The largest absolute Gasteiger partial charge is 0.271 e. The highest BCUT2D eigenvalue weighted by Gasteiger charge is 2.54. The van der Waals surface area contributed by atoms with E-state index in [4.69, 9.17) is 11.6 Å². The van der Waals surface area contributed by atoms with E-state index >= 15 is 0 Å². The highest BCUT2D eigenvalue weighted by Crippen LogP contribution is 2.33. The van der Waals surface area contributed by atoms with Crippen molar-refractivity contribution in [1.29, 1.82) is 0 Å². The van der Waals surface area contributed by atoms with Crippen molar-refractivity contribution in [1.82, 2.24) is 5.01 Å². The van der Waals surface area contributed by atoms with Crippen LogP contribution in [0.25, 0.3) is 0 Å². The van der Waals surface area contributed by atoms with Crippen LogP contribution in [-0.2, 0) is 16.1 Å². The van der Waals surface area contributed by atoms with E-state index in [1.807, 2.05) is 26.0 Å². The maximum absolute atomic E-state index is 13.0. The number of hydrogen-bond acceptors (Lipinski definition) is 5. The van der Waals surface area contributed by atoms with E-state index in [0.29, 0.717) is 17.3 Å². The van der Waals surface area contributed by atoms with Crippen molar-refractivity contribution >= 4 is 29.1 Å².